The smallest absolute Gasteiger partial charge is 0.237 e. The van der Waals surface area contributed by atoms with Crippen LogP contribution in [-0.4, -0.2) is 29.2 Å². The van der Waals surface area contributed by atoms with Gasteiger partial charge < -0.3 is 16.2 Å². The SMILES string of the molecule is CCC[C@@H](N)C(=O)NC(CC)(CC)CO. The van der Waals surface area contributed by atoms with E-state index in [1.54, 1.807) is 0 Å². The normalized spacial score (nSPS) is 13.7. The highest BCUT2D eigenvalue weighted by molar-refractivity contribution is 5.82. The highest BCUT2D eigenvalue weighted by Crippen LogP contribution is 2.14. The Hall–Kier alpha value is -0.610. The van der Waals surface area contributed by atoms with Gasteiger partial charge in [0.2, 0.25) is 5.91 Å². The molecule has 0 bridgehead atoms. The van der Waals surface area contributed by atoms with Crippen molar-refractivity contribution < 1.29 is 9.90 Å². The Kier molecular flexibility index (Phi) is 6.52. The second-order valence-electron chi connectivity index (χ2n) is 4.03. The maximum Gasteiger partial charge on any atom is 0.237 e. The lowest BCUT2D eigenvalue weighted by atomic mass is 9.93. The number of amides is 1. The minimum Gasteiger partial charge on any atom is -0.394 e. The van der Waals surface area contributed by atoms with Crippen LogP contribution in [0.4, 0.5) is 0 Å². The third-order valence-corrected chi connectivity index (χ3v) is 2.98. The van der Waals surface area contributed by atoms with Gasteiger partial charge in [-0.1, -0.05) is 27.2 Å². The molecule has 0 aliphatic carbocycles. The number of hydrogen-bond donors (Lipinski definition) is 3. The molecule has 0 heterocycles. The number of hydrogen-bond acceptors (Lipinski definition) is 3. The molecule has 1 atom stereocenters. The number of rotatable bonds is 7. The standard InChI is InChI=1S/C11H24N2O2/c1-4-7-9(12)10(15)13-11(5-2,6-3)8-14/h9,14H,4-8,12H2,1-3H3,(H,13,15)/t9-/m1/s1. The van der Waals surface area contributed by atoms with Crippen LogP contribution in [-0.2, 0) is 4.79 Å². The first-order valence-corrected chi connectivity index (χ1v) is 5.73. The molecule has 4 heteroatoms. The van der Waals surface area contributed by atoms with Crippen LogP contribution in [0, 0.1) is 0 Å². The molecule has 0 rings (SSSR count). The summed E-state index contributed by atoms with van der Waals surface area (Å²) in [5, 5.41) is 12.1. The van der Waals surface area contributed by atoms with Crippen LogP contribution in [0.1, 0.15) is 46.5 Å². The topological polar surface area (TPSA) is 75.4 Å². The number of carbonyl (C=O) groups is 1. The van der Waals surface area contributed by atoms with E-state index >= 15 is 0 Å². The Morgan fingerprint density at radius 2 is 1.93 bits per heavy atom. The van der Waals surface area contributed by atoms with Gasteiger partial charge in [0.15, 0.2) is 0 Å². The number of nitrogens with one attached hydrogen (secondary N) is 1. The molecule has 0 aromatic rings. The fourth-order valence-electron chi connectivity index (χ4n) is 1.49. The third-order valence-electron chi connectivity index (χ3n) is 2.98. The zero-order valence-corrected chi connectivity index (χ0v) is 10.0. The van der Waals surface area contributed by atoms with E-state index in [-0.39, 0.29) is 12.5 Å². The molecule has 4 N–H and O–H groups in total. The van der Waals surface area contributed by atoms with Gasteiger partial charge in [0.05, 0.1) is 18.2 Å². The second kappa shape index (κ2) is 6.80. The number of carbonyl (C=O) groups excluding carboxylic acids is 1. The highest BCUT2D eigenvalue weighted by Gasteiger charge is 2.28. The Morgan fingerprint density at radius 1 is 1.40 bits per heavy atom. The zero-order valence-electron chi connectivity index (χ0n) is 10.0. The van der Waals surface area contributed by atoms with Crippen molar-refractivity contribution in [3.8, 4) is 0 Å². The van der Waals surface area contributed by atoms with Crippen LogP contribution in [0.25, 0.3) is 0 Å². The van der Waals surface area contributed by atoms with Gasteiger partial charge in [-0.3, -0.25) is 4.79 Å². The summed E-state index contributed by atoms with van der Waals surface area (Å²) < 4.78 is 0. The molecule has 0 aliphatic heterocycles. The van der Waals surface area contributed by atoms with Crippen molar-refractivity contribution in [3.05, 3.63) is 0 Å². The first kappa shape index (κ1) is 14.4. The molecule has 0 aromatic heterocycles. The van der Waals surface area contributed by atoms with Crippen LogP contribution in [0.15, 0.2) is 0 Å². The molecule has 0 saturated carbocycles. The molecule has 0 radical (unpaired) electrons. The van der Waals surface area contributed by atoms with E-state index in [1.165, 1.54) is 0 Å². The van der Waals surface area contributed by atoms with Gasteiger partial charge in [0.1, 0.15) is 0 Å². The summed E-state index contributed by atoms with van der Waals surface area (Å²) in [5.41, 5.74) is 5.21. The summed E-state index contributed by atoms with van der Waals surface area (Å²) in [6.45, 7) is 5.85. The average Bonchev–Trinajstić information content (AvgIpc) is 2.26. The zero-order chi connectivity index (χ0) is 11.9. The molecule has 4 nitrogen and oxygen atoms in total. The molecule has 1 amide bonds. The molecular formula is C11H24N2O2. The summed E-state index contributed by atoms with van der Waals surface area (Å²) in [6, 6.07) is -0.459. The minimum absolute atomic E-state index is 0.0371. The number of aliphatic hydroxyl groups is 1. The monoisotopic (exact) mass is 216 g/mol. The van der Waals surface area contributed by atoms with Gasteiger partial charge in [-0.25, -0.2) is 0 Å². The van der Waals surface area contributed by atoms with Crippen LogP contribution in [0.5, 0.6) is 0 Å². The van der Waals surface area contributed by atoms with Gasteiger partial charge in [0.25, 0.3) is 0 Å². The third kappa shape index (κ3) is 4.18. The Labute approximate surface area is 92.2 Å². The molecule has 0 unspecified atom stereocenters. The Morgan fingerprint density at radius 3 is 2.27 bits per heavy atom. The molecular weight excluding hydrogens is 192 g/mol. The lowest BCUT2D eigenvalue weighted by molar-refractivity contribution is -0.125. The van der Waals surface area contributed by atoms with Crippen molar-refractivity contribution in [1.82, 2.24) is 5.32 Å². The van der Waals surface area contributed by atoms with E-state index in [9.17, 15) is 9.90 Å². The van der Waals surface area contributed by atoms with Crippen LogP contribution in [0.2, 0.25) is 0 Å². The molecule has 0 aromatic carbocycles. The van der Waals surface area contributed by atoms with E-state index in [0.29, 0.717) is 19.3 Å². The van der Waals surface area contributed by atoms with E-state index in [2.05, 4.69) is 5.32 Å². The van der Waals surface area contributed by atoms with Gasteiger partial charge >= 0.3 is 0 Å². The summed E-state index contributed by atoms with van der Waals surface area (Å²) in [6.07, 6.45) is 2.99. The molecule has 0 fully saturated rings. The van der Waals surface area contributed by atoms with Crippen molar-refractivity contribution in [2.45, 2.75) is 58.0 Å². The van der Waals surface area contributed by atoms with Crippen molar-refractivity contribution in [1.29, 1.82) is 0 Å². The first-order valence-electron chi connectivity index (χ1n) is 5.73. The second-order valence-corrected chi connectivity index (χ2v) is 4.03. The van der Waals surface area contributed by atoms with Crippen LogP contribution < -0.4 is 11.1 Å². The van der Waals surface area contributed by atoms with E-state index in [0.717, 1.165) is 6.42 Å². The predicted molar refractivity (Wildman–Crippen MR) is 61.4 cm³/mol. The lowest BCUT2D eigenvalue weighted by Crippen LogP contribution is -2.55. The summed E-state index contributed by atoms with van der Waals surface area (Å²) in [7, 11) is 0. The predicted octanol–water partition coefficient (Wildman–Crippen LogP) is 0.781. The number of aliphatic hydroxyl groups excluding tert-OH is 1. The first-order chi connectivity index (χ1) is 7.05. The van der Waals surface area contributed by atoms with Gasteiger partial charge in [-0.15, -0.1) is 0 Å². The maximum absolute atomic E-state index is 11.7. The van der Waals surface area contributed by atoms with Gasteiger partial charge in [-0.05, 0) is 19.3 Å². The summed E-state index contributed by atoms with van der Waals surface area (Å²) >= 11 is 0. The molecule has 15 heavy (non-hydrogen) atoms. The van der Waals surface area contributed by atoms with Gasteiger partial charge in [-0.2, -0.15) is 0 Å². The molecule has 0 saturated heterocycles. The van der Waals surface area contributed by atoms with E-state index < -0.39 is 11.6 Å². The Balaban J connectivity index is 4.34. The quantitative estimate of drug-likeness (QED) is 0.588. The number of nitrogens with two attached hydrogens (primary N) is 1. The molecule has 90 valence electrons. The summed E-state index contributed by atoms with van der Waals surface area (Å²) in [5.74, 6) is -0.158. The van der Waals surface area contributed by atoms with Crippen LogP contribution in [0.3, 0.4) is 0 Å². The average molecular weight is 216 g/mol. The maximum atomic E-state index is 11.7. The van der Waals surface area contributed by atoms with Gasteiger partial charge in [0, 0.05) is 0 Å². The fraction of sp³-hybridized carbons (Fsp3) is 0.909. The molecule has 0 spiro atoms. The summed E-state index contributed by atoms with van der Waals surface area (Å²) in [4.78, 5) is 11.7. The van der Waals surface area contributed by atoms with Crippen molar-refractivity contribution in [2.24, 2.45) is 5.73 Å². The van der Waals surface area contributed by atoms with E-state index in [4.69, 9.17) is 5.73 Å². The van der Waals surface area contributed by atoms with Crippen molar-refractivity contribution in [3.63, 3.8) is 0 Å². The minimum atomic E-state index is -0.498. The van der Waals surface area contributed by atoms with Crippen LogP contribution >= 0.6 is 0 Å². The lowest BCUT2D eigenvalue weighted by Gasteiger charge is -2.31. The highest BCUT2D eigenvalue weighted by atomic mass is 16.3. The van der Waals surface area contributed by atoms with Crippen molar-refractivity contribution >= 4 is 5.91 Å². The van der Waals surface area contributed by atoms with E-state index in [1.807, 2.05) is 20.8 Å². The largest absolute Gasteiger partial charge is 0.394 e. The molecule has 0 aliphatic rings. The van der Waals surface area contributed by atoms with Crippen molar-refractivity contribution in [2.75, 3.05) is 6.61 Å². The Bertz CT molecular complexity index is 183. The fourth-order valence-corrected chi connectivity index (χ4v) is 1.49.